The maximum Gasteiger partial charge on any atom is 0.522 e. The molecule has 23 heavy (non-hydrogen) atoms. The van der Waals surface area contributed by atoms with Crippen molar-refractivity contribution in [1.82, 2.24) is 0 Å². The first-order chi connectivity index (χ1) is 9.86. The van der Waals surface area contributed by atoms with Crippen molar-refractivity contribution in [2.24, 2.45) is 0 Å². The molecule has 1 rings (SSSR count). The van der Waals surface area contributed by atoms with Gasteiger partial charge in [-0.25, -0.2) is 0 Å². The third-order valence-corrected chi connectivity index (χ3v) is 2.79. The average molecular weight is 404 g/mol. The van der Waals surface area contributed by atoms with Gasteiger partial charge in [0, 0.05) is 0 Å². The predicted octanol–water partition coefficient (Wildman–Crippen LogP) is 0.831. The van der Waals surface area contributed by atoms with Gasteiger partial charge in [-0.3, -0.25) is 13.7 Å². The summed E-state index contributed by atoms with van der Waals surface area (Å²) in [7, 11) is -13.5. The topological polar surface area (TPSA) is 163 Å². The summed E-state index contributed by atoms with van der Waals surface area (Å²) in [4.78, 5) is -0.0741. The third-order valence-electron chi connectivity index (χ3n) is 1.33. The van der Waals surface area contributed by atoms with Gasteiger partial charge < -0.3 is 0 Å². The van der Waals surface area contributed by atoms with E-state index in [1.807, 2.05) is 0 Å². The highest BCUT2D eigenvalue weighted by atomic mass is 32.2. The van der Waals surface area contributed by atoms with Crippen LogP contribution in [0, 0.1) is 0 Å². The fourth-order valence-electron chi connectivity index (χ4n) is 0.592. The zero-order valence-electron chi connectivity index (χ0n) is 11.0. The lowest BCUT2D eigenvalue weighted by Gasteiger charge is -1.97. The van der Waals surface area contributed by atoms with Crippen LogP contribution >= 0.6 is 0 Å². The van der Waals surface area contributed by atoms with E-state index in [-0.39, 0.29) is 4.90 Å². The maximum atomic E-state index is 10.7. The van der Waals surface area contributed by atoms with Gasteiger partial charge in [-0.2, -0.15) is 38.4 Å². The highest BCUT2D eigenvalue weighted by molar-refractivity contribution is 7.86. The smallest absolute Gasteiger partial charge is 0.286 e. The van der Waals surface area contributed by atoms with Gasteiger partial charge in [0.1, 0.15) is 0 Å². The Kier molecular flexibility index (Phi) is 8.92. The number of hydrogen-bond acceptors (Lipinski definition) is 6. The maximum absolute atomic E-state index is 10.7. The van der Waals surface area contributed by atoms with Crippen LogP contribution in [0.4, 0.5) is 13.2 Å². The van der Waals surface area contributed by atoms with Crippen LogP contribution < -0.4 is 0 Å². The summed E-state index contributed by atoms with van der Waals surface area (Å²) in [6.45, 7) is 0. The fraction of sp³-hybridized carbons (Fsp3) is 0.250. The van der Waals surface area contributed by atoms with Crippen LogP contribution in [0.1, 0.15) is 0 Å². The Morgan fingerprint density at radius 3 is 1.22 bits per heavy atom. The van der Waals surface area contributed by atoms with Gasteiger partial charge in [-0.1, -0.05) is 18.2 Å². The van der Waals surface area contributed by atoms with E-state index < -0.39 is 35.9 Å². The molecule has 0 unspecified atom stereocenters. The molecule has 0 fully saturated rings. The SMILES string of the molecule is CS(=O)(=O)O.O=S(=O)(O)C(F)(F)F.O=S(=O)(O)c1ccccc1. The Bertz CT molecular complexity index is 772. The Balaban J connectivity index is 0. The van der Waals surface area contributed by atoms with Gasteiger partial charge in [-0.05, 0) is 12.1 Å². The summed E-state index contributed by atoms with van der Waals surface area (Å²) in [5, 5.41) is 0. The second-order valence-corrected chi connectivity index (χ2v) is 7.74. The lowest BCUT2D eigenvalue weighted by atomic mass is 10.4. The van der Waals surface area contributed by atoms with Crippen LogP contribution in [0.2, 0.25) is 0 Å². The van der Waals surface area contributed by atoms with Crippen LogP contribution in [0.3, 0.4) is 0 Å². The predicted molar refractivity (Wildman–Crippen MR) is 71.3 cm³/mol. The van der Waals surface area contributed by atoms with Crippen molar-refractivity contribution in [1.29, 1.82) is 0 Å². The molecule has 136 valence electrons. The molecule has 1 aromatic rings. The van der Waals surface area contributed by atoms with E-state index in [0.717, 1.165) is 0 Å². The molecule has 0 saturated heterocycles. The summed E-state index contributed by atoms with van der Waals surface area (Å²) in [5.41, 5.74) is -5.53. The van der Waals surface area contributed by atoms with Crippen LogP contribution in [0.25, 0.3) is 0 Å². The minimum Gasteiger partial charge on any atom is -0.286 e. The molecule has 15 heteroatoms. The van der Waals surface area contributed by atoms with Crippen molar-refractivity contribution >= 4 is 30.4 Å². The summed E-state index contributed by atoms with van der Waals surface area (Å²) in [6.07, 6.45) is 0.715. The molecule has 1 aromatic carbocycles. The second kappa shape index (κ2) is 8.55. The molecule has 9 nitrogen and oxygen atoms in total. The first-order valence-electron chi connectivity index (χ1n) is 4.84. The van der Waals surface area contributed by atoms with Crippen LogP contribution in [-0.2, 0) is 30.4 Å². The average Bonchev–Trinajstić information content (AvgIpc) is 2.24. The zero-order chi connectivity index (χ0) is 19.1. The Hall–Kier alpha value is -1.26. The van der Waals surface area contributed by atoms with E-state index in [0.29, 0.717) is 6.26 Å². The van der Waals surface area contributed by atoms with E-state index in [1.165, 1.54) is 12.1 Å². The molecule has 0 saturated carbocycles. The first-order valence-corrected chi connectivity index (χ1v) is 9.57. The summed E-state index contributed by atoms with van der Waals surface area (Å²) in [6, 6.07) is 7.42. The molecular weight excluding hydrogens is 393 g/mol. The van der Waals surface area contributed by atoms with Crippen molar-refractivity contribution < 1.29 is 52.1 Å². The van der Waals surface area contributed by atoms with E-state index >= 15 is 0 Å². The number of rotatable bonds is 1. The largest absolute Gasteiger partial charge is 0.522 e. The molecule has 0 aliphatic carbocycles. The second-order valence-electron chi connectivity index (χ2n) is 3.44. The highest BCUT2D eigenvalue weighted by Gasteiger charge is 2.44. The molecular formula is C8H11F3O9S3. The van der Waals surface area contributed by atoms with Gasteiger partial charge in [0.25, 0.3) is 20.2 Å². The zero-order valence-corrected chi connectivity index (χ0v) is 13.5. The molecule has 0 bridgehead atoms. The lowest BCUT2D eigenvalue weighted by molar-refractivity contribution is -0.0510. The fourth-order valence-corrected chi connectivity index (χ4v) is 1.09. The van der Waals surface area contributed by atoms with Crippen LogP contribution in [0.5, 0.6) is 0 Å². The first kappa shape index (κ1) is 24.0. The number of halogens is 3. The normalized spacial score (nSPS) is 12.3. The standard InChI is InChI=1S/C6H6O3S.CHF3O3S.CH4O3S/c7-10(8,9)6-4-2-1-3-5-6;2-1(3,4)8(5,6)7;1-5(2,3)4/h1-5H,(H,7,8,9);(H,5,6,7);1H3,(H,2,3,4). The van der Waals surface area contributed by atoms with Crippen molar-refractivity contribution in [2.75, 3.05) is 6.26 Å². The molecule has 3 N–H and O–H groups in total. The lowest BCUT2D eigenvalue weighted by Crippen LogP contribution is -2.21. The molecule has 0 aliphatic rings. The van der Waals surface area contributed by atoms with Gasteiger partial charge in [0.05, 0.1) is 11.2 Å². The van der Waals surface area contributed by atoms with Crippen molar-refractivity contribution in [3.8, 4) is 0 Å². The van der Waals surface area contributed by atoms with E-state index in [4.69, 9.17) is 22.1 Å². The van der Waals surface area contributed by atoms with Gasteiger partial charge in [0.2, 0.25) is 0 Å². The summed E-state index contributed by atoms with van der Waals surface area (Å²) in [5.74, 6) is 0. The van der Waals surface area contributed by atoms with Crippen LogP contribution in [0.15, 0.2) is 35.2 Å². The van der Waals surface area contributed by atoms with E-state index in [1.54, 1.807) is 18.2 Å². The number of benzene rings is 1. The summed E-state index contributed by atoms with van der Waals surface area (Å²) >= 11 is 0. The molecule has 0 radical (unpaired) electrons. The van der Waals surface area contributed by atoms with Gasteiger partial charge in [-0.15, -0.1) is 0 Å². The highest BCUT2D eigenvalue weighted by Crippen LogP contribution is 2.20. The van der Waals surface area contributed by atoms with E-state index in [2.05, 4.69) is 0 Å². The Morgan fingerprint density at radius 2 is 1.09 bits per heavy atom. The molecule has 0 aliphatic heterocycles. The third kappa shape index (κ3) is 15.4. The summed E-state index contributed by atoms with van der Waals surface area (Å²) < 4.78 is 113. The Labute approximate surface area is 130 Å². The molecule has 0 spiro atoms. The molecule has 0 heterocycles. The minimum atomic E-state index is -5.84. The molecule has 0 aromatic heterocycles. The van der Waals surface area contributed by atoms with Gasteiger partial charge >= 0.3 is 15.6 Å². The minimum absolute atomic E-state index is 0.0741. The number of hydrogen-bond donors (Lipinski definition) is 3. The molecule has 0 atom stereocenters. The molecule has 0 amide bonds. The number of alkyl halides is 3. The van der Waals surface area contributed by atoms with E-state index in [9.17, 15) is 30.0 Å². The van der Waals surface area contributed by atoms with Crippen LogP contribution in [-0.4, -0.2) is 50.7 Å². The quantitative estimate of drug-likeness (QED) is 0.454. The van der Waals surface area contributed by atoms with Crippen molar-refractivity contribution in [2.45, 2.75) is 10.4 Å². The van der Waals surface area contributed by atoms with Crippen molar-refractivity contribution in [3.05, 3.63) is 30.3 Å². The Morgan fingerprint density at radius 1 is 0.826 bits per heavy atom. The van der Waals surface area contributed by atoms with Gasteiger partial charge in [0.15, 0.2) is 0 Å². The monoisotopic (exact) mass is 404 g/mol. The van der Waals surface area contributed by atoms with Crippen molar-refractivity contribution in [3.63, 3.8) is 0 Å².